The number of halogens is 3. The summed E-state index contributed by atoms with van der Waals surface area (Å²) in [4.78, 5) is 20.2. The first kappa shape index (κ1) is 25.9. The van der Waals surface area contributed by atoms with Crippen LogP contribution in [0.2, 0.25) is 0 Å². The highest BCUT2D eigenvalue weighted by molar-refractivity contribution is 7.13. The smallest absolute Gasteiger partial charge is 0.422 e. The number of carbonyl (C=O) groups is 1. The number of carbonyl (C=O) groups excluding carboxylic acids is 1. The molecule has 194 valence electrons. The van der Waals surface area contributed by atoms with Crippen molar-refractivity contribution in [1.82, 2.24) is 25.0 Å². The minimum Gasteiger partial charge on any atom is -0.460 e. The van der Waals surface area contributed by atoms with E-state index >= 15 is 0 Å². The lowest BCUT2D eigenvalue weighted by Crippen LogP contribution is -2.39. The first-order chi connectivity index (χ1) is 16.8. The van der Waals surface area contributed by atoms with Crippen LogP contribution in [0.1, 0.15) is 55.2 Å². The number of hydrogen-bond acceptors (Lipinski definition) is 6. The van der Waals surface area contributed by atoms with E-state index in [0.717, 1.165) is 87.3 Å². The summed E-state index contributed by atoms with van der Waals surface area (Å²) in [6.45, 7) is 4.33. The predicted molar refractivity (Wildman–Crippen MR) is 128 cm³/mol. The molecule has 2 aromatic rings. The second-order valence-corrected chi connectivity index (χ2v) is 10.6. The van der Waals surface area contributed by atoms with E-state index in [1.807, 2.05) is 17.8 Å². The molecule has 0 radical (unpaired) electrons. The molecule has 2 aliphatic rings. The van der Waals surface area contributed by atoms with Gasteiger partial charge in [-0.05, 0) is 63.5 Å². The third-order valence-electron chi connectivity index (χ3n) is 6.88. The second-order valence-electron chi connectivity index (χ2n) is 9.55. The van der Waals surface area contributed by atoms with E-state index in [0.29, 0.717) is 12.3 Å². The van der Waals surface area contributed by atoms with Crippen molar-refractivity contribution in [1.29, 1.82) is 0 Å². The van der Waals surface area contributed by atoms with Crippen molar-refractivity contribution >= 4 is 17.2 Å². The van der Waals surface area contributed by atoms with Gasteiger partial charge in [-0.2, -0.15) is 18.3 Å². The summed E-state index contributed by atoms with van der Waals surface area (Å²) in [5.41, 5.74) is 1.83. The first-order valence-corrected chi connectivity index (χ1v) is 13.3. The van der Waals surface area contributed by atoms with Crippen LogP contribution >= 0.6 is 11.3 Å². The highest BCUT2D eigenvalue weighted by atomic mass is 32.1. The van der Waals surface area contributed by atoms with Crippen LogP contribution in [-0.4, -0.2) is 64.0 Å². The third-order valence-corrected chi connectivity index (χ3v) is 7.95. The van der Waals surface area contributed by atoms with Gasteiger partial charge in [-0.1, -0.05) is 11.3 Å². The number of aromatic nitrogens is 3. The van der Waals surface area contributed by atoms with Gasteiger partial charge >= 0.3 is 6.18 Å². The van der Waals surface area contributed by atoms with E-state index < -0.39 is 12.8 Å². The number of aryl methyl sites for hydroxylation is 1. The van der Waals surface area contributed by atoms with Crippen molar-refractivity contribution in [2.45, 2.75) is 77.1 Å². The Bertz CT molecular complexity index is 943. The molecule has 3 heterocycles. The third kappa shape index (κ3) is 7.93. The molecule has 2 aromatic heterocycles. The molecule has 1 fully saturated rings. The zero-order chi connectivity index (χ0) is 24.8. The van der Waals surface area contributed by atoms with Gasteiger partial charge in [0.05, 0.1) is 18.3 Å². The Morgan fingerprint density at radius 2 is 2.00 bits per heavy atom. The molecule has 1 amide bonds. The average Bonchev–Trinajstić information content (AvgIpc) is 3.39. The molecule has 1 N–H and O–H groups in total. The normalized spacial score (nSPS) is 21.4. The minimum atomic E-state index is -4.34. The number of ether oxygens (including phenoxy) is 1. The highest BCUT2D eigenvalue weighted by Crippen LogP contribution is 2.31. The van der Waals surface area contributed by atoms with Crippen molar-refractivity contribution < 1.29 is 22.7 Å². The Hall–Kier alpha value is -2.14. The Balaban J connectivity index is 1.13. The zero-order valence-corrected chi connectivity index (χ0v) is 21.0. The fraction of sp³-hybridized carbons (Fsp3) is 0.708. The van der Waals surface area contributed by atoms with Gasteiger partial charge in [0, 0.05) is 43.2 Å². The Kier molecular flexibility index (Phi) is 8.69. The van der Waals surface area contributed by atoms with Crippen LogP contribution in [0.3, 0.4) is 0 Å². The molecule has 1 aliphatic heterocycles. The molecular formula is C24H34F3N5O2S. The number of fused-ring (bicyclic) bond motifs is 1. The molecule has 4 rings (SSSR count). The molecule has 1 aliphatic carbocycles. The number of thiazole rings is 1. The molecular weight excluding hydrogens is 479 g/mol. The molecule has 0 spiro atoms. The minimum absolute atomic E-state index is 0.0710. The molecule has 0 atom stereocenters. The van der Waals surface area contributed by atoms with Crippen LogP contribution in [0.5, 0.6) is 5.19 Å². The lowest BCUT2D eigenvalue weighted by atomic mass is 9.84. The fourth-order valence-corrected chi connectivity index (χ4v) is 5.85. The van der Waals surface area contributed by atoms with E-state index in [-0.39, 0.29) is 17.1 Å². The highest BCUT2D eigenvalue weighted by Gasteiger charge is 2.30. The van der Waals surface area contributed by atoms with E-state index in [1.165, 1.54) is 11.3 Å². The summed E-state index contributed by atoms with van der Waals surface area (Å²) in [6, 6.07) is 0.258. The number of amides is 1. The predicted octanol–water partition coefficient (Wildman–Crippen LogP) is 4.01. The molecule has 0 bridgehead atoms. The van der Waals surface area contributed by atoms with Gasteiger partial charge in [-0.15, -0.1) is 0 Å². The van der Waals surface area contributed by atoms with Crippen LogP contribution < -0.4 is 10.1 Å². The van der Waals surface area contributed by atoms with Crippen LogP contribution in [-0.2, 0) is 30.6 Å². The first-order valence-electron chi connectivity index (χ1n) is 12.5. The van der Waals surface area contributed by atoms with Crippen molar-refractivity contribution in [3.63, 3.8) is 0 Å². The molecule has 35 heavy (non-hydrogen) atoms. The SMILES string of the molecule is CCn1cc(CC(=O)NC2CCC(CCN3CCc4nc(OCC(F)(F)F)sc4CC3)CC2)cn1. The van der Waals surface area contributed by atoms with Crippen molar-refractivity contribution in [2.75, 3.05) is 26.2 Å². The van der Waals surface area contributed by atoms with Crippen LogP contribution in [0.4, 0.5) is 13.2 Å². The number of hydrogen-bond donors (Lipinski definition) is 1. The van der Waals surface area contributed by atoms with Gasteiger partial charge in [-0.3, -0.25) is 9.48 Å². The van der Waals surface area contributed by atoms with Gasteiger partial charge < -0.3 is 15.0 Å². The van der Waals surface area contributed by atoms with Gasteiger partial charge in [0.2, 0.25) is 5.91 Å². The zero-order valence-electron chi connectivity index (χ0n) is 20.1. The van der Waals surface area contributed by atoms with Crippen molar-refractivity contribution in [3.05, 3.63) is 28.5 Å². The summed E-state index contributed by atoms with van der Waals surface area (Å²) in [5, 5.41) is 7.54. The quantitative estimate of drug-likeness (QED) is 0.549. The van der Waals surface area contributed by atoms with Crippen molar-refractivity contribution in [2.24, 2.45) is 5.92 Å². The Morgan fingerprint density at radius 1 is 1.23 bits per heavy atom. The maximum atomic E-state index is 12.4. The monoisotopic (exact) mass is 513 g/mol. The van der Waals surface area contributed by atoms with E-state index in [2.05, 4.69) is 20.3 Å². The van der Waals surface area contributed by atoms with E-state index in [1.54, 1.807) is 6.20 Å². The summed E-state index contributed by atoms with van der Waals surface area (Å²) in [5.74, 6) is 0.741. The Morgan fingerprint density at radius 3 is 2.71 bits per heavy atom. The second kappa shape index (κ2) is 11.7. The summed E-state index contributed by atoms with van der Waals surface area (Å²) in [7, 11) is 0. The van der Waals surface area contributed by atoms with Crippen molar-refractivity contribution in [3.8, 4) is 5.19 Å². The maximum Gasteiger partial charge on any atom is 0.422 e. The van der Waals surface area contributed by atoms with Gasteiger partial charge in [-0.25, -0.2) is 4.98 Å². The number of rotatable bonds is 9. The molecule has 0 unspecified atom stereocenters. The number of nitrogens with zero attached hydrogens (tertiary/aromatic N) is 4. The van der Waals surface area contributed by atoms with Crippen LogP contribution in [0.25, 0.3) is 0 Å². The molecule has 11 heteroatoms. The average molecular weight is 514 g/mol. The Labute approximate surface area is 208 Å². The van der Waals surface area contributed by atoms with Gasteiger partial charge in [0.15, 0.2) is 6.61 Å². The van der Waals surface area contributed by atoms with Crippen LogP contribution in [0.15, 0.2) is 12.4 Å². The lowest BCUT2D eigenvalue weighted by Gasteiger charge is -2.30. The standard InChI is InChI=1S/C24H34F3N5O2S/c1-2-32-15-18(14-28-32)13-22(33)29-19-5-3-17(4-6-19)7-10-31-11-8-20-21(9-12-31)35-23(30-20)34-16-24(25,26)27/h14-15,17,19H,2-13,16H2,1H3,(H,29,33). The van der Waals surface area contributed by atoms with Gasteiger partial charge in [0.1, 0.15) is 0 Å². The summed E-state index contributed by atoms with van der Waals surface area (Å²) >= 11 is 1.25. The molecule has 0 aromatic carbocycles. The summed E-state index contributed by atoms with van der Waals surface area (Å²) < 4.78 is 43.8. The number of alkyl halides is 3. The van der Waals surface area contributed by atoms with Gasteiger partial charge in [0.25, 0.3) is 5.19 Å². The van der Waals surface area contributed by atoms with E-state index in [4.69, 9.17) is 4.74 Å². The largest absolute Gasteiger partial charge is 0.460 e. The lowest BCUT2D eigenvalue weighted by molar-refractivity contribution is -0.153. The van der Waals surface area contributed by atoms with E-state index in [9.17, 15) is 18.0 Å². The number of nitrogens with one attached hydrogen (secondary N) is 1. The van der Waals surface area contributed by atoms with Crippen LogP contribution in [0, 0.1) is 5.92 Å². The molecule has 0 saturated heterocycles. The topological polar surface area (TPSA) is 72.3 Å². The maximum absolute atomic E-state index is 12.4. The molecule has 1 saturated carbocycles. The fourth-order valence-electron chi connectivity index (χ4n) is 4.91. The summed E-state index contributed by atoms with van der Waals surface area (Å²) in [6.07, 6.45) is 6.71. The molecule has 7 nitrogen and oxygen atoms in total.